The molecule has 0 amide bonds. The summed E-state index contributed by atoms with van der Waals surface area (Å²) in [4.78, 5) is 0. The first-order valence-electron chi connectivity index (χ1n) is 4.45. The number of aryl methyl sites for hydroxylation is 1. The van der Waals surface area contributed by atoms with Crippen molar-refractivity contribution in [3.05, 3.63) is 35.9 Å². The van der Waals surface area contributed by atoms with Crippen molar-refractivity contribution in [2.45, 2.75) is 19.4 Å². The second-order valence-corrected chi connectivity index (χ2v) is 3.33. The first-order chi connectivity index (χ1) is 6.56. The summed E-state index contributed by atoms with van der Waals surface area (Å²) >= 11 is 0. The van der Waals surface area contributed by atoms with Gasteiger partial charge in [0.2, 0.25) is 0 Å². The monoisotopic (exact) mass is 193 g/mol. The molecule has 1 aromatic rings. The highest BCUT2D eigenvalue weighted by molar-refractivity contribution is 5.45. The van der Waals surface area contributed by atoms with Gasteiger partial charge in [-0.3, -0.25) is 0 Å². The van der Waals surface area contributed by atoms with Crippen molar-refractivity contribution in [1.82, 2.24) is 0 Å². The minimum Gasteiger partial charge on any atom is -0.508 e. The minimum absolute atomic E-state index is 0.120. The van der Waals surface area contributed by atoms with Crippen LogP contribution in [0.25, 0.3) is 0 Å². The largest absolute Gasteiger partial charge is 0.508 e. The third-order valence-electron chi connectivity index (χ3n) is 2.17. The summed E-state index contributed by atoms with van der Waals surface area (Å²) in [5, 5.41) is 19.0. The summed E-state index contributed by atoms with van der Waals surface area (Å²) in [5.41, 5.74) is 6.97. The van der Waals surface area contributed by atoms with E-state index in [0.717, 1.165) is 0 Å². The van der Waals surface area contributed by atoms with Crippen molar-refractivity contribution in [1.29, 1.82) is 0 Å². The number of aromatic hydroxyl groups is 2. The van der Waals surface area contributed by atoms with Gasteiger partial charge >= 0.3 is 0 Å². The van der Waals surface area contributed by atoms with Gasteiger partial charge in [-0.1, -0.05) is 6.08 Å². The topological polar surface area (TPSA) is 66.5 Å². The van der Waals surface area contributed by atoms with E-state index in [4.69, 9.17) is 5.73 Å². The van der Waals surface area contributed by atoms with E-state index in [1.54, 1.807) is 13.0 Å². The van der Waals surface area contributed by atoms with Crippen LogP contribution in [0.15, 0.2) is 24.8 Å². The Labute approximate surface area is 83.5 Å². The number of hydrogen-bond donors (Lipinski definition) is 3. The fourth-order valence-electron chi connectivity index (χ4n) is 1.30. The van der Waals surface area contributed by atoms with E-state index in [2.05, 4.69) is 6.58 Å². The number of phenolic OH excluding ortho intramolecular Hbond substituents is 2. The molecule has 3 heteroatoms. The standard InChI is InChI=1S/C11H15NO2/c1-3-4-9(12)8-6-10(13)7(2)5-11(8)14/h3,5-6,9,13-14H,1,4,12H2,2H3/t9-/m1/s1. The van der Waals surface area contributed by atoms with Crippen LogP contribution in [0.1, 0.15) is 23.6 Å². The van der Waals surface area contributed by atoms with Crippen LogP contribution < -0.4 is 5.73 Å². The number of hydrogen-bond acceptors (Lipinski definition) is 3. The molecule has 1 atom stereocenters. The molecule has 3 nitrogen and oxygen atoms in total. The molecule has 0 aliphatic heterocycles. The number of benzene rings is 1. The molecule has 1 rings (SSSR count). The van der Waals surface area contributed by atoms with Crippen LogP contribution in [0.3, 0.4) is 0 Å². The number of phenols is 2. The van der Waals surface area contributed by atoms with E-state index < -0.39 is 0 Å². The molecule has 76 valence electrons. The normalized spacial score (nSPS) is 12.4. The maximum absolute atomic E-state index is 9.59. The molecule has 0 aromatic heterocycles. The Balaban J connectivity index is 3.08. The molecule has 0 saturated carbocycles. The summed E-state index contributed by atoms with van der Waals surface area (Å²) in [7, 11) is 0. The molecule has 4 N–H and O–H groups in total. The summed E-state index contributed by atoms with van der Waals surface area (Å²) in [6, 6.07) is 2.69. The smallest absolute Gasteiger partial charge is 0.120 e. The molecule has 0 fully saturated rings. The molecule has 1 aromatic carbocycles. The van der Waals surface area contributed by atoms with E-state index in [1.807, 2.05) is 0 Å². The molecular weight excluding hydrogens is 178 g/mol. The predicted molar refractivity (Wildman–Crippen MR) is 56.3 cm³/mol. The summed E-state index contributed by atoms with van der Waals surface area (Å²) in [6.45, 7) is 5.29. The van der Waals surface area contributed by atoms with Gasteiger partial charge in [-0.2, -0.15) is 0 Å². The van der Waals surface area contributed by atoms with Gasteiger partial charge in [0.1, 0.15) is 11.5 Å². The third-order valence-corrected chi connectivity index (χ3v) is 2.17. The van der Waals surface area contributed by atoms with Crippen LogP contribution in [0.2, 0.25) is 0 Å². The fourth-order valence-corrected chi connectivity index (χ4v) is 1.30. The maximum Gasteiger partial charge on any atom is 0.120 e. The Hall–Kier alpha value is -1.48. The molecular formula is C11H15NO2. The van der Waals surface area contributed by atoms with E-state index in [-0.39, 0.29) is 17.5 Å². The first kappa shape index (κ1) is 10.6. The van der Waals surface area contributed by atoms with Crippen LogP contribution in [0, 0.1) is 6.92 Å². The van der Waals surface area contributed by atoms with Gasteiger partial charge in [0, 0.05) is 11.6 Å². The first-order valence-corrected chi connectivity index (χ1v) is 4.45. The lowest BCUT2D eigenvalue weighted by atomic mass is 10.0. The molecule has 0 heterocycles. The summed E-state index contributed by atoms with van der Waals surface area (Å²) in [6.07, 6.45) is 2.25. The highest BCUT2D eigenvalue weighted by Crippen LogP contribution is 2.31. The van der Waals surface area contributed by atoms with Crippen molar-refractivity contribution in [2.24, 2.45) is 5.73 Å². The number of nitrogens with two attached hydrogens (primary N) is 1. The fraction of sp³-hybridized carbons (Fsp3) is 0.273. The van der Waals surface area contributed by atoms with Gasteiger partial charge in [0.15, 0.2) is 0 Å². The second kappa shape index (κ2) is 4.15. The molecule has 0 spiro atoms. The van der Waals surface area contributed by atoms with Crippen LogP contribution in [0.4, 0.5) is 0 Å². The van der Waals surface area contributed by atoms with E-state index >= 15 is 0 Å². The second-order valence-electron chi connectivity index (χ2n) is 3.33. The average molecular weight is 193 g/mol. The van der Waals surface area contributed by atoms with Gasteiger partial charge < -0.3 is 15.9 Å². The minimum atomic E-state index is -0.320. The van der Waals surface area contributed by atoms with Crippen LogP contribution in [-0.2, 0) is 0 Å². The molecule has 0 saturated heterocycles. The zero-order chi connectivity index (χ0) is 10.7. The van der Waals surface area contributed by atoms with Crippen molar-refractivity contribution < 1.29 is 10.2 Å². The van der Waals surface area contributed by atoms with Gasteiger partial charge in [0.25, 0.3) is 0 Å². The summed E-state index contributed by atoms with van der Waals surface area (Å²) < 4.78 is 0. The van der Waals surface area contributed by atoms with Crippen molar-refractivity contribution in [3.63, 3.8) is 0 Å². The van der Waals surface area contributed by atoms with Crippen molar-refractivity contribution in [3.8, 4) is 11.5 Å². The Kier molecular flexibility index (Phi) is 3.14. The predicted octanol–water partition coefficient (Wildman–Crippen LogP) is 1.98. The van der Waals surface area contributed by atoms with Crippen LogP contribution >= 0.6 is 0 Å². The molecule has 0 aliphatic rings. The molecule has 0 aliphatic carbocycles. The lowest BCUT2D eigenvalue weighted by molar-refractivity contribution is 0.445. The molecule has 0 bridgehead atoms. The summed E-state index contributed by atoms with van der Waals surface area (Å²) in [5.74, 6) is 0.270. The van der Waals surface area contributed by atoms with Crippen molar-refractivity contribution in [2.75, 3.05) is 0 Å². The van der Waals surface area contributed by atoms with Crippen LogP contribution in [-0.4, -0.2) is 10.2 Å². The van der Waals surface area contributed by atoms with Crippen LogP contribution in [0.5, 0.6) is 11.5 Å². The zero-order valence-corrected chi connectivity index (χ0v) is 8.20. The lowest BCUT2D eigenvalue weighted by Gasteiger charge is -2.13. The Morgan fingerprint density at radius 3 is 2.64 bits per heavy atom. The Bertz CT molecular complexity index is 347. The van der Waals surface area contributed by atoms with E-state index in [9.17, 15) is 10.2 Å². The van der Waals surface area contributed by atoms with Gasteiger partial charge in [-0.15, -0.1) is 6.58 Å². The maximum atomic E-state index is 9.59. The molecule has 0 radical (unpaired) electrons. The van der Waals surface area contributed by atoms with E-state index in [1.165, 1.54) is 12.1 Å². The Morgan fingerprint density at radius 2 is 2.07 bits per heavy atom. The van der Waals surface area contributed by atoms with E-state index in [0.29, 0.717) is 17.5 Å². The highest BCUT2D eigenvalue weighted by atomic mass is 16.3. The molecule has 14 heavy (non-hydrogen) atoms. The quantitative estimate of drug-likeness (QED) is 0.508. The highest BCUT2D eigenvalue weighted by Gasteiger charge is 2.11. The molecule has 0 unspecified atom stereocenters. The van der Waals surface area contributed by atoms with Crippen molar-refractivity contribution >= 4 is 0 Å². The number of rotatable bonds is 3. The SMILES string of the molecule is C=CC[C@@H](N)c1cc(O)c(C)cc1O. The van der Waals surface area contributed by atoms with Gasteiger partial charge in [0.05, 0.1) is 0 Å². The third kappa shape index (κ3) is 2.06. The van der Waals surface area contributed by atoms with Gasteiger partial charge in [-0.05, 0) is 31.0 Å². The zero-order valence-electron chi connectivity index (χ0n) is 8.20. The lowest BCUT2D eigenvalue weighted by Crippen LogP contribution is -2.09. The Morgan fingerprint density at radius 1 is 1.43 bits per heavy atom. The van der Waals surface area contributed by atoms with Gasteiger partial charge in [-0.25, -0.2) is 0 Å². The average Bonchev–Trinajstić information content (AvgIpc) is 2.11.